The normalized spacial score (nSPS) is 13.3. The topological polar surface area (TPSA) is 35.0 Å². The van der Waals surface area contributed by atoms with Crippen molar-refractivity contribution < 1.29 is 4.74 Å². The Bertz CT molecular complexity index is 2440. The fourth-order valence-electron chi connectivity index (χ4n) is 7.82. The van der Waals surface area contributed by atoms with Crippen LogP contribution in [0.5, 0.6) is 11.5 Å². The van der Waals surface area contributed by atoms with Crippen LogP contribution in [0, 0.1) is 0 Å². The molecular formula is C45H28N2O. The van der Waals surface area contributed by atoms with Crippen LogP contribution >= 0.6 is 0 Å². The molecule has 0 saturated heterocycles. The number of aromatic nitrogens is 2. The molecule has 1 aromatic heterocycles. The number of hydrogen-bond donors (Lipinski definition) is 0. The van der Waals surface area contributed by atoms with Crippen LogP contribution in [0.15, 0.2) is 170 Å². The predicted molar refractivity (Wildman–Crippen MR) is 193 cm³/mol. The van der Waals surface area contributed by atoms with Crippen LogP contribution in [-0.4, -0.2) is 9.97 Å². The molecule has 7 aromatic carbocycles. The maximum Gasteiger partial charge on any atom is 0.160 e. The lowest BCUT2D eigenvalue weighted by molar-refractivity contribution is 0.437. The maximum absolute atomic E-state index is 6.95. The van der Waals surface area contributed by atoms with Crippen molar-refractivity contribution in [2.75, 3.05) is 0 Å². The van der Waals surface area contributed by atoms with Gasteiger partial charge < -0.3 is 4.74 Å². The van der Waals surface area contributed by atoms with E-state index in [0.717, 1.165) is 50.5 Å². The average molecular weight is 613 g/mol. The van der Waals surface area contributed by atoms with Crippen molar-refractivity contribution >= 4 is 10.8 Å². The van der Waals surface area contributed by atoms with E-state index in [1.54, 1.807) is 0 Å². The first-order valence-electron chi connectivity index (χ1n) is 16.3. The Hall–Kier alpha value is -6.32. The van der Waals surface area contributed by atoms with Gasteiger partial charge in [-0.15, -0.1) is 0 Å². The van der Waals surface area contributed by atoms with Crippen molar-refractivity contribution in [1.82, 2.24) is 9.97 Å². The van der Waals surface area contributed by atoms with Crippen molar-refractivity contribution in [1.29, 1.82) is 0 Å². The molecule has 48 heavy (non-hydrogen) atoms. The second-order valence-corrected chi connectivity index (χ2v) is 12.5. The standard InChI is InChI=1S/C45H28N2O/c1-3-13-29(14-4-1)40-28-41(47-44(46-40)30-15-5-2-6-16-30)33-23-24-38-42(27-33)48-43-26-32-18-8-7-17-31(32)25-39(43)45(38)36-21-11-9-19-34(36)35-20-10-12-22-37(35)45/h1-28H. The summed E-state index contributed by atoms with van der Waals surface area (Å²) in [6.07, 6.45) is 0. The van der Waals surface area contributed by atoms with Gasteiger partial charge in [0.1, 0.15) is 11.5 Å². The van der Waals surface area contributed by atoms with Crippen molar-refractivity contribution in [2.24, 2.45) is 0 Å². The molecule has 0 amide bonds. The summed E-state index contributed by atoms with van der Waals surface area (Å²) in [6, 6.07) is 60.0. The van der Waals surface area contributed by atoms with Crippen LogP contribution in [0.2, 0.25) is 0 Å². The highest BCUT2D eigenvalue weighted by molar-refractivity contribution is 5.93. The fraction of sp³-hybridized carbons (Fsp3) is 0.0222. The smallest absolute Gasteiger partial charge is 0.160 e. The number of ether oxygens (including phenoxy) is 1. The fourth-order valence-corrected chi connectivity index (χ4v) is 7.82. The van der Waals surface area contributed by atoms with Crippen LogP contribution < -0.4 is 4.74 Å². The number of rotatable bonds is 3. The minimum absolute atomic E-state index is 0.533. The summed E-state index contributed by atoms with van der Waals surface area (Å²) < 4.78 is 6.95. The first-order chi connectivity index (χ1) is 23.8. The van der Waals surface area contributed by atoms with Crippen LogP contribution in [0.1, 0.15) is 22.3 Å². The Labute approximate surface area is 278 Å². The monoisotopic (exact) mass is 612 g/mol. The van der Waals surface area contributed by atoms with Gasteiger partial charge in [-0.2, -0.15) is 0 Å². The number of nitrogens with zero attached hydrogens (tertiary/aromatic N) is 2. The molecule has 0 fully saturated rings. The lowest BCUT2D eigenvalue weighted by Gasteiger charge is -2.39. The van der Waals surface area contributed by atoms with Gasteiger partial charge in [-0.3, -0.25) is 0 Å². The Morgan fingerprint density at radius 3 is 1.60 bits per heavy atom. The average Bonchev–Trinajstić information content (AvgIpc) is 3.45. The molecule has 10 rings (SSSR count). The molecule has 0 atom stereocenters. The first-order valence-corrected chi connectivity index (χ1v) is 16.3. The highest BCUT2D eigenvalue weighted by Gasteiger charge is 2.51. The van der Waals surface area contributed by atoms with Crippen molar-refractivity contribution in [2.45, 2.75) is 5.41 Å². The zero-order chi connectivity index (χ0) is 31.7. The van der Waals surface area contributed by atoms with Crippen molar-refractivity contribution in [3.05, 3.63) is 192 Å². The highest BCUT2D eigenvalue weighted by atomic mass is 16.5. The number of fused-ring (bicyclic) bond motifs is 10. The van der Waals surface area contributed by atoms with E-state index in [9.17, 15) is 0 Å². The van der Waals surface area contributed by atoms with Gasteiger partial charge in [0, 0.05) is 27.8 Å². The van der Waals surface area contributed by atoms with Gasteiger partial charge in [-0.05, 0) is 57.3 Å². The van der Waals surface area contributed by atoms with Crippen molar-refractivity contribution in [3.63, 3.8) is 0 Å². The SMILES string of the molecule is c1ccc(-c2cc(-c3ccc4c(c3)Oc3cc5ccccc5cc3C43c4ccccc4-c4ccccc43)nc(-c3ccccc3)n2)cc1. The van der Waals surface area contributed by atoms with Crippen LogP contribution in [0.25, 0.3) is 55.8 Å². The molecule has 1 aliphatic carbocycles. The summed E-state index contributed by atoms with van der Waals surface area (Å²) in [5.41, 5.74) is 11.6. The molecule has 0 bridgehead atoms. The minimum Gasteiger partial charge on any atom is -0.457 e. The van der Waals surface area contributed by atoms with Gasteiger partial charge >= 0.3 is 0 Å². The number of benzene rings is 7. The maximum atomic E-state index is 6.95. The zero-order valence-electron chi connectivity index (χ0n) is 26.0. The van der Waals surface area contributed by atoms with E-state index < -0.39 is 5.41 Å². The molecule has 3 nitrogen and oxygen atoms in total. The molecule has 224 valence electrons. The predicted octanol–water partition coefficient (Wildman–Crippen LogP) is 11.1. The van der Waals surface area contributed by atoms with E-state index >= 15 is 0 Å². The number of hydrogen-bond acceptors (Lipinski definition) is 3. The quantitative estimate of drug-likeness (QED) is 0.199. The molecule has 0 N–H and O–H groups in total. The second kappa shape index (κ2) is 10.3. The molecule has 2 aliphatic rings. The molecule has 1 aliphatic heterocycles. The van der Waals surface area contributed by atoms with Crippen molar-refractivity contribution in [3.8, 4) is 56.5 Å². The van der Waals surface area contributed by atoms with E-state index in [2.05, 4.69) is 133 Å². The third-order valence-electron chi connectivity index (χ3n) is 9.93. The lowest BCUT2D eigenvalue weighted by Crippen LogP contribution is -2.32. The summed E-state index contributed by atoms with van der Waals surface area (Å²) in [4.78, 5) is 10.1. The van der Waals surface area contributed by atoms with Crippen LogP contribution in [0.3, 0.4) is 0 Å². The molecule has 8 aromatic rings. The van der Waals surface area contributed by atoms with E-state index in [-0.39, 0.29) is 0 Å². The van der Waals surface area contributed by atoms with E-state index in [0.29, 0.717) is 5.82 Å². The van der Waals surface area contributed by atoms with E-state index in [4.69, 9.17) is 14.7 Å². The Balaban J connectivity index is 1.24. The first kappa shape index (κ1) is 26.9. The van der Waals surface area contributed by atoms with E-state index in [1.807, 2.05) is 36.4 Å². The third-order valence-corrected chi connectivity index (χ3v) is 9.93. The largest absolute Gasteiger partial charge is 0.457 e. The van der Waals surface area contributed by atoms with Gasteiger partial charge in [-0.25, -0.2) is 9.97 Å². The molecule has 1 spiro atoms. The Kier molecular flexibility index (Phi) is 5.79. The molecule has 0 saturated carbocycles. The molecular weight excluding hydrogens is 585 g/mol. The Morgan fingerprint density at radius 1 is 0.375 bits per heavy atom. The second-order valence-electron chi connectivity index (χ2n) is 12.5. The Morgan fingerprint density at radius 2 is 0.917 bits per heavy atom. The lowest BCUT2D eigenvalue weighted by atomic mass is 9.65. The molecule has 2 heterocycles. The van der Waals surface area contributed by atoms with Gasteiger partial charge in [0.2, 0.25) is 0 Å². The molecule has 3 heteroatoms. The molecule has 0 unspecified atom stereocenters. The minimum atomic E-state index is -0.533. The summed E-state index contributed by atoms with van der Waals surface area (Å²) >= 11 is 0. The van der Waals surface area contributed by atoms with Crippen LogP contribution in [-0.2, 0) is 5.41 Å². The highest BCUT2D eigenvalue weighted by Crippen LogP contribution is 2.62. The zero-order valence-corrected chi connectivity index (χ0v) is 26.0. The summed E-state index contributed by atoms with van der Waals surface area (Å²) in [7, 11) is 0. The van der Waals surface area contributed by atoms with Gasteiger partial charge in [0.25, 0.3) is 0 Å². The third kappa shape index (κ3) is 3.88. The summed E-state index contributed by atoms with van der Waals surface area (Å²) in [5, 5.41) is 2.35. The van der Waals surface area contributed by atoms with Crippen LogP contribution in [0.4, 0.5) is 0 Å². The van der Waals surface area contributed by atoms with Gasteiger partial charge in [0.05, 0.1) is 16.8 Å². The van der Waals surface area contributed by atoms with Gasteiger partial charge in [0.15, 0.2) is 5.82 Å². The molecule has 0 radical (unpaired) electrons. The summed E-state index contributed by atoms with van der Waals surface area (Å²) in [5.74, 6) is 2.41. The van der Waals surface area contributed by atoms with Gasteiger partial charge in [-0.1, -0.05) is 146 Å². The van der Waals surface area contributed by atoms with E-state index in [1.165, 1.54) is 33.2 Å². The summed E-state index contributed by atoms with van der Waals surface area (Å²) in [6.45, 7) is 0.